The van der Waals surface area contributed by atoms with Crippen molar-refractivity contribution >= 4 is 11.8 Å². The van der Waals surface area contributed by atoms with Gasteiger partial charge in [0.05, 0.1) is 5.92 Å². The Morgan fingerprint density at radius 3 is 2.13 bits per heavy atom. The lowest BCUT2D eigenvalue weighted by Crippen LogP contribution is -2.26. The maximum atomic E-state index is 12.6. The van der Waals surface area contributed by atoms with Crippen LogP contribution in [-0.4, -0.2) is 11.8 Å². The van der Waals surface area contributed by atoms with Crippen molar-refractivity contribution in [1.29, 1.82) is 0 Å². The Bertz CT molecular complexity index is 376. The number of amides is 2. The van der Waals surface area contributed by atoms with Crippen molar-refractivity contribution in [2.24, 2.45) is 11.5 Å². The van der Waals surface area contributed by atoms with Gasteiger partial charge < -0.3 is 11.5 Å². The third-order valence-corrected chi connectivity index (χ3v) is 2.02. The molecule has 0 spiro atoms. The van der Waals surface area contributed by atoms with Gasteiger partial charge in [-0.2, -0.15) is 0 Å². The first-order chi connectivity index (χ1) is 7.00. The predicted octanol–water partition coefficient (Wildman–Crippen LogP) is 0.270. The molecule has 0 fully saturated rings. The first kappa shape index (κ1) is 11.2. The fraction of sp³-hybridized carbons (Fsp3) is 0.200. The summed E-state index contributed by atoms with van der Waals surface area (Å²) in [4.78, 5) is 21.7. The molecule has 0 heterocycles. The molecule has 15 heavy (non-hydrogen) atoms. The van der Waals surface area contributed by atoms with E-state index in [-0.39, 0.29) is 6.42 Å². The van der Waals surface area contributed by atoms with Crippen LogP contribution in [-0.2, 0) is 9.59 Å². The molecule has 0 saturated carbocycles. The van der Waals surface area contributed by atoms with E-state index in [1.165, 1.54) is 24.3 Å². The summed E-state index contributed by atoms with van der Waals surface area (Å²) in [6, 6.07) is 5.22. The van der Waals surface area contributed by atoms with E-state index in [1.807, 2.05) is 0 Å². The first-order valence-corrected chi connectivity index (χ1v) is 4.34. The van der Waals surface area contributed by atoms with Gasteiger partial charge in [-0.3, -0.25) is 9.59 Å². The third kappa shape index (κ3) is 3.05. The second-order valence-electron chi connectivity index (χ2n) is 3.18. The SMILES string of the molecule is NC(=O)CC(C(N)=O)c1ccc(F)cc1. The van der Waals surface area contributed by atoms with Gasteiger partial charge in [0.15, 0.2) is 0 Å². The lowest BCUT2D eigenvalue weighted by molar-refractivity contribution is -0.124. The molecule has 0 aliphatic heterocycles. The standard InChI is InChI=1S/C10H11FN2O2/c11-7-3-1-6(2-4-7)8(10(13)15)5-9(12)14/h1-4,8H,5H2,(H2,12,14)(H2,13,15). The third-order valence-electron chi connectivity index (χ3n) is 2.02. The first-order valence-electron chi connectivity index (χ1n) is 4.34. The van der Waals surface area contributed by atoms with Crippen LogP contribution < -0.4 is 11.5 Å². The maximum Gasteiger partial charge on any atom is 0.225 e. The van der Waals surface area contributed by atoms with Crippen LogP contribution in [0.2, 0.25) is 0 Å². The van der Waals surface area contributed by atoms with Gasteiger partial charge in [-0.15, -0.1) is 0 Å². The van der Waals surface area contributed by atoms with Gasteiger partial charge >= 0.3 is 0 Å². The molecule has 1 aromatic carbocycles. The number of halogens is 1. The Labute approximate surface area is 86.1 Å². The molecule has 0 aliphatic rings. The van der Waals surface area contributed by atoms with Crippen LogP contribution in [0.4, 0.5) is 4.39 Å². The number of primary amides is 2. The maximum absolute atomic E-state index is 12.6. The summed E-state index contributed by atoms with van der Waals surface area (Å²) in [6.07, 6.45) is -0.166. The summed E-state index contributed by atoms with van der Waals surface area (Å²) in [5.74, 6) is -2.48. The van der Waals surface area contributed by atoms with Crippen molar-refractivity contribution in [3.63, 3.8) is 0 Å². The number of rotatable bonds is 4. The minimum absolute atomic E-state index is 0.166. The molecule has 1 aromatic rings. The molecule has 0 aliphatic carbocycles. The summed E-state index contributed by atoms with van der Waals surface area (Å²) in [5.41, 5.74) is 10.6. The van der Waals surface area contributed by atoms with Gasteiger partial charge in [0.2, 0.25) is 11.8 Å². The minimum Gasteiger partial charge on any atom is -0.370 e. The monoisotopic (exact) mass is 210 g/mol. The molecule has 2 amide bonds. The highest BCUT2D eigenvalue weighted by molar-refractivity contribution is 5.88. The zero-order chi connectivity index (χ0) is 11.4. The Morgan fingerprint density at radius 2 is 1.73 bits per heavy atom. The number of carbonyl (C=O) groups excluding carboxylic acids is 2. The van der Waals surface area contributed by atoms with Crippen LogP contribution >= 0.6 is 0 Å². The van der Waals surface area contributed by atoms with Crippen LogP contribution in [0.3, 0.4) is 0 Å². The Balaban J connectivity index is 2.94. The van der Waals surface area contributed by atoms with E-state index in [2.05, 4.69) is 0 Å². The van der Waals surface area contributed by atoms with E-state index < -0.39 is 23.5 Å². The summed E-state index contributed by atoms with van der Waals surface area (Å²) in [5, 5.41) is 0. The van der Waals surface area contributed by atoms with Crippen LogP contribution in [0.1, 0.15) is 17.9 Å². The van der Waals surface area contributed by atoms with Gasteiger partial charge in [0, 0.05) is 6.42 Å². The number of nitrogens with two attached hydrogens (primary N) is 2. The molecular formula is C10H11FN2O2. The summed E-state index contributed by atoms with van der Waals surface area (Å²) < 4.78 is 12.6. The topological polar surface area (TPSA) is 86.2 Å². The van der Waals surface area contributed by atoms with E-state index in [9.17, 15) is 14.0 Å². The van der Waals surface area contributed by atoms with Gasteiger partial charge in [0.25, 0.3) is 0 Å². The van der Waals surface area contributed by atoms with E-state index in [1.54, 1.807) is 0 Å². The van der Waals surface area contributed by atoms with Crippen molar-refractivity contribution in [3.8, 4) is 0 Å². The molecule has 1 rings (SSSR count). The number of carbonyl (C=O) groups is 2. The zero-order valence-corrected chi connectivity index (χ0v) is 7.94. The van der Waals surface area contributed by atoms with Crippen molar-refractivity contribution < 1.29 is 14.0 Å². The van der Waals surface area contributed by atoms with Gasteiger partial charge in [0.1, 0.15) is 5.82 Å². The van der Waals surface area contributed by atoms with Crippen LogP contribution in [0, 0.1) is 5.82 Å². The van der Waals surface area contributed by atoms with Crippen molar-refractivity contribution in [3.05, 3.63) is 35.6 Å². The van der Waals surface area contributed by atoms with Gasteiger partial charge in [-0.1, -0.05) is 12.1 Å². The smallest absolute Gasteiger partial charge is 0.225 e. The lowest BCUT2D eigenvalue weighted by Gasteiger charge is -2.11. The highest BCUT2D eigenvalue weighted by atomic mass is 19.1. The minimum atomic E-state index is -0.789. The second-order valence-corrected chi connectivity index (χ2v) is 3.18. The molecule has 4 nitrogen and oxygen atoms in total. The van der Waals surface area contributed by atoms with Crippen LogP contribution in [0.15, 0.2) is 24.3 Å². The van der Waals surface area contributed by atoms with E-state index >= 15 is 0 Å². The highest BCUT2D eigenvalue weighted by Crippen LogP contribution is 2.19. The normalized spacial score (nSPS) is 12.1. The van der Waals surface area contributed by atoms with E-state index in [4.69, 9.17) is 11.5 Å². The average Bonchev–Trinajstić information content (AvgIpc) is 2.15. The summed E-state index contributed by atoms with van der Waals surface area (Å²) in [6.45, 7) is 0. The summed E-state index contributed by atoms with van der Waals surface area (Å²) >= 11 is 0. The molecular weight excluding hydrogens is 199 g/mol. The Hall–Kier alpha value is -1.91. The Morgan fingerprint density at radius 1 is 1.20 bits per heavy atom. The number of hydrogen-bond donors (Lipinski definition) is 2. The molecule has 1 atom stereocenters. The molecule has 0 aromatic heterocycles. The van der Waals surface area contributed by atoms with E-state index in [0.717, 1.165) is 0 Å². The molecule has 4 N–H and O–H groups in total. The van der Waals surface area contributed by atoms with Crippen molar-refractivity contribution in [2.75, 3.05) is 0 Å². The predicted molar refractivity (Wildman–Crippen MR) is 52.1 cm³/mol. The quantitative estimate of drug-likeness (QED) is 0.747. The largest absolute Gasteiger partial charge is 0.370 e. The summed E-state index contributed by atoms with van der Waals surface area (Å²) in [7, 11) is 0. The van der Waals surface area contributed by atoms with Crippen LogP contribution in [0.5, 0.6) is 0 Å². The van der Waals surface area contributed by atoms with E-state index in [0.29, 0.717) is 5.56 Å². The fourth-order valence-corrected chi connectivity index (χ4v) is 1.28. The number of benzene rings is 1. The second kappa shape index (κ2) is 4.54. The molecule has 0 radical (unpaired) electrons. The van der Waals surface area contributed by atoms with Crippen molar-refractivity contribution in [2.45, 2.75) is 12.3 Å². The van der Waals surface area contributed by atoms with Gasteiger partial charge in [-0.25, -0.2) is 4.39 Å². The lowest BCUT2D eigenvalue weighted by atomic mass is 9.95. The van der Waals surface area contributed by atoms with Gasteiger partial charge in [-0.05, 0) is 17.7 Å². The zero-order valence-electron chi connectivity index (χ0n) is 7.94. The molecule has 5 heteroatoms. The fourth-order valence-electron chi connectivity index (χ4n) is 1.28. The number of hydrogen-bond acceptors (Lipinski definition) is 2. The van der Waals surface area contributed by atoms with Crippen LogP contribution in [0.25, 0.3) is 0 Å². The molecule has 80 valence electrons. The highest BCUT2D eigenvalue weighted by Gasteiger charge is 2.19. The Kier molecular flexibility index (Phi) is 3.38. The molecule has 0 bridgehead atoms. The molecule has 1 unspecified atom stereocenters. The van der Waals surface area contributed by atoms with Crippen molar-refractivity contribution in [1.82, 2.24) is 0 Å². The average molecular weight is 210 g/mol. The molecule has 0 saturated heterocycles.